The Morgan fingerprint density at radius 3 is 2.67 bits per heavy atom. The maximum Gasteiger partial charge on any atom is 0.232 e. The lowest BCUT2D eigenvalue weighted by molar-refractivity contribution is -0.129. The number of nitrogens with zero attached hydrogens (tertiary/aromatic N) is 1. The zero-order valence-corrected chi connectivity index (χ0v) is 14.5. The molecule has 0 radical (unpaired) electrons. The highest BCUT2D eigenvalue weighted by molar-refractivity contribution is 6.31. The molecule has 0 bridgehead atoms. The quantitative estimate of drug-likeness (QED) is 0.914. The maximum absolute atomic E-state index is 13.3. The van der Waals surface area contributed by atoms with Gasteiger partial charge in [0.25, 0.3) is 0 Å². The molecule has 3 fully saturated rings. The molecule has 2 amide bonds. The summed E-state index contributed by atoms with van der Waals surface area (Å²) in [6.45, 7) is 0.457. The molecule has 1 saturated carbocycles. The molecule has 2 atom stereocenters. The fourth-order valence-corrected chi connectivity index (χ4v) is 5.02. The lowest BCUT2D eigenvalue weighted by atomic mass is 9.76. The summed E-state index contributed by atoms with van der Waals surface area (Å²) in [6.07, 6.45) is 6.59. The molecule has 1 aliphatic carbocycles. The molecular formula is C19H23ClN2O2. The van der Waals surface area contributed by atoms with E-state index in [1.54, 1.807) is 0 Å². The molecule has 128 valence electrons. The number of benzene rings is 1. The van der Waals surface area contributed by atoms with Crippen molar-refractivity contribution in [1.82, 2.24) is 10.2 Å². The van der Waals surface area contributed by atoms with Crippen LogP contribution in [-0.4, -0.2) is 35.3 Å². The lowest BCUT2D eigenvalue weighted by Crippen LogP contribution is -2.49. The van der Waals surface area contributed by atoms with Crippen LogP contribution in [0.3, 0.4) is 0 Å². The largest absolute Gasteiger partial charge is 0.353 e. The fourth-order valence-electron chi connectivity index (χ4n) is 4.71. The van der Waals surface area contributed by atoms with E-state index in [1.807, 2.05) is 29.2 Å². The Hall–Kier alpha value is -1.55. The Labute approximate surface area is 147 Å². The molecule has 1 aromatic carbocycles. The summed E-state index contributed by atoms with van der Waals surface area (Å²) in [7, 11) is 0. The molecular weight excluding hydrogens is 324 g/mol. The molecule has 24 heavy (non-hydrogen) atoms. The molecule has 0 spiro atoms. The average Bonchev–Trinajstić information content (AvgIpc) is 3.27. The van der Waals surface area contributed by atoms with Gasteiger partial charge in [0, 0.05) is 30.1 Å². The van der Waals surface area contributed by atoms with Gasteiger partial charge in [0.1, 0.15) is 0 Å². The first-order valence-corrected chi connectivity index (χ1v) is 9.33. The number of rotatable bonds is 3. The first-order valence-electron chi connectivity index (χ1n) is 8.95. The second-order valence-electron chi connectivity index (χ2n) is 7.44. The van der Waals surface area contributed by atoms with Crippen LogP contribution in [0.25, 0.3) is 0 Å². The Kier molecular flexibility index (Phi) is 4.03. The van der Waals surface area contributed by atoms with Crippen LogP contribution in [0.2, 0.25) is 5.02 Å². The zero-order valence-electron chi connectivity index (χ0n) is 13.8. The highest BCUT2D eigenvalue weighted by atomic mass is 35.5. The molecule has 2 heterocycles. The van der Waals surface area contributed by atoms with Crippen molar-refractivity contribution in [3.05, 3.63) is 34.9 Å². The highest BCUT2D eigenvalue weighted by Crippen LogP contribution is 2.45. The minimum absolute atomic E-state index is 0.0460. The molecule has 1 aromatic rings. The number of carbonyl (C=O) groups is 2. The second-order valence-corrected chi connectivity index (χ2v) is 7.84. The van der Waals surface area contributed by atoms with Gasteiger partial charge in [-0.15, -0.1) is 0 Å². The summed E-state index contributed by atoms with van der Waals surface area (Å²) < 4.78 is 0. The van der Waals surface area contributed by atoms with Crippen LogP contribution in [0.15, 0.2) is 24.3 Å². The summed E-state index contributed by atoms with van der Waals surface area (Å²) in [5, 5.41) is 3.87. The Balaban J connectivity index is 1.69. The summed E-state index contributed by atoms with van der Waals surface area (Å²) in [5.41, 5.74) is 0.158. The number of hydrogen-bond donors (Lipinski definition) is 1. The van der Waals surface area contributed by atoms with Gasteiger partial charge in [-0.2, -0.15) is 0 Å². The molecule has 5 heteroatoms. The molecule has 4 rings (SSSR count). The van der Waals surface area contributed by atoms with Gasteiger partial charge in [0.05, 0.1) is 5.41 Å². The van der Waals surface area contributed by atoms with E-state index in [4.69, 9.17) is 11.6 Å². The minimum atomic E-state index is -0.707. The first kappa shape index (κ1) is 15.9. The molecule has 2 saturated heterocycles. The molecule has 3 aliphatic rings. The zero-order chi connectivity index (χ0) is 16.7. The second kappa shape index (κ2) is 6.07. The minimum Gasteiger partial charge on any atom is -0.353 e. The van der Waals surface area contributed by atoms with E-state index in [0.717, 1.165) is 24.8 Å². The third kappa shape index (κ3) is 2.52. The fraction of sp³-hybridized carbons (Fsp3) is 0.579. The maximum atomic E-state index is 13.3. The number of hydrogen-bond acceptors (Lipinski definition) is 2. The van der Waals surface area contributed by atoms with E-state index in [9.17, 15) is 9.59 Å². The predicted molar refractivity (Wildman–Crippen MR) is 92.9 cm³/mol. The number of carbonyl (C=O) groups excluding carboxylic acids is 2. The van der Waals surface area contributed by atoms with Crippen molar-refractivity contribution in [3.63, 3.8) is 0 Å². The normalized spacial score (nSPS) is 30.0. The number of halogens is 1. The van der Waals surface area contributed by atoms with Crippen molar-refractivity contribution in [2.45, 2.75) is 62.4 Å². The smallest absolute Gasteiger partial charge is 0.232 e. The van der Waals surface area contributed by atoms with Crippen LogP contribution >= 0.6 is 11.6 Å². The van der Waals surface area contributed by atoms with Gasteiger partial charge >= 0.3 is 0 Å². The van der Waals surface area contributed by atoms with Crippen LogP contribution in [0.5, 0.6) is 0 Å². The number of amides is 2. The Morgan fingerprint density at radius 2 is 1.96 bits per heavy atom. The van der Waals surface area contributed by atoms with E-state index in [-0.39, 0.29) is 23.9 Å². The SMILES string of the molecule is O=C1CC[C@H]2C[C@@](C(=O)NC3CCCC3)(c3ccccc3Cl)CN12. The van der Waals surface area contributed by atoms with E-state index in [1.165, 1.54) is 12.8 Å². The summed E-state index contributed by atoms with van der Waals surface area (Å²) >= 11 is 6.46. The summed E-state index contributed by atoms with van der Waals surface area (Å²) in [6, 6.07) is 8.04. The summed E-state index contributed by atoms with van der Waals surface area (Å²) in [4.78, 5) is 27.4. The van der Waals surface area contributed by atoms with E-state index < -0.39 is 5.41 Å². The third-order valence-electron chi connectivity index (χ3n) is 5.99. The van der Waals surface area contributed by atoms with Crippen molar-refractivity contribution >= 4 is 23.4 Å². The van der Waals surface area contributed by atoms with Crippen LogP contribution in [0.1, 0.15) is 50.5 Å². The average molecular weight is 347 g/mol. The molecule has 4 nitrogen and oxygen atoms in total. The van der Waals surface area contributed by atoms with Crippen LogP contribution < -0.4 is 5.32 Å². The van der Waals surface area contributed by atoms with Crippen molar-refractivity contribution < 1.29 is 9.59 Å². The van der Waals surface area contributed by atoms with Gasteiger partial charge in [-0.3, -0.25) is 9.59 Å². The van der Waals surface area contributed by atoms with Crippen molar-refractivity contribution in [2.75, 3.05) is 6.54 Å². The van der Waals surface area contributed by atoms with Crippen LogP contribution in [-0.2, 0) is 15.0 Å². The number of fused-ring (bicyclic) bond motifs is 1. The third-order valence-corrected chi connectivity index (χ3v) is 6.32. The molecule has 0 aromatic heterocycles. The Morgan fingerprint density at radius 1 is 1.21 bits per heavy atom. The first-order chi connectivity index (χ1) is 11.6. The Bertz CT molecular complexity index is 671. The standard InChI is InChI=1S/C19H23ClN2O2/c20-16-8-4-3-7-15(16)19(18(24)21-13-5-1-2-6-13)11-14-9-10-17(23)22(14)12-19/h3-4,7-8,13-14H,1-2,5-6,9-12H2,(H,21,24)/t14-,19-/m0/s1. The van der Waals surface area contributed by atoms with Gasteiger partial charge < -0.3 is 10.2 Å². The van der Waals surface area contributed by atoms with E-state index in [0.29, 0.717) is 24.4 Å². The van der Waals surface area contributed by atoms with E-state index >= 15 is 0 Å². The van der Waals surface area contributed by atoms with Gasteiger partial charge in [-0.05, 0) is 37.3 Å². The van der Waals surface area contributed by atoms with Gasteiger partial charge in [-0.25, -0.2) is 0 Å². The molecule has 1 N–H and O–H groups in total. The van der Waals surface area contributed by atoms with Crippen LogP contribution in [0.4, 0.5) is 0 Å². The van der Waals surface area contributed by atoms with Crippen LogP contribution in [0, 0.1) is 0 Å². The highest BCUT2D eigenvalue weighted by Gasteiger charge is 2.54. The lowest BCUT2D eigenvalue weighted by Gasteiger charge is -2.31. The monoisotopic (exact) mass is 346 g/mol. The summed E-state index contributed by atoms with van der Waals surface area (Å²) in [5.74, 6) is 0.215. The molecule has 0 unspecified atom stereocenters. The van der Waals surface area contributed by atoms with Crippen molar-refractivity contribution in [2.24, 2.45) is 0 Å². The van der Waals surface area contributed by atoms with Gasteiger partial charge in [0.2, 0.25) is 11.8 Å². The predicted octanol–water partition coefficient (Wildman–Crippen LogP) is 3.03. The topological polar surface area (TPSA) is 49.4 Å². The van der Waals surface area contributed by atoms with Gasteiger partial charge in [-0.1, -0.05) is 42.6 Å². The van der Waals surface area contributed by atoms with E-state index in [2.05, 4.69) is 5.32 Å². The van der Waals surface area contributed by atoms with Gasteiger partial charge in [0.15, 0.2) is 0 Å². The van der Waals surface area contributed by atoms with Crippen molar-refractivity contribution in [3.8, 4) is 0 Å². The number of nitrogens with one attached hydrogen (secondary N) is 1. The van der Waals surface area contributed by atoms with Crippen molar-refractivity contribution in [1.29, 1.82) is 0 Å². The molecule has 2 aliphatic heterocycles.